The first-order valence-electron chi connectivity index (χ1n) is 8.93. The van der Waals surface area contributed by atoms with Crippen LogP contribution in [0.4, 0.5) is 4.39 Å². The number of aromatic nitrogens is 5. The molecule has 1 amide bonds. The van der Waals surface area contributed by atoms with Gasteiger partial charge in [0.15, 0.2) is 5.76 Å². The molecule has 4 rings (SSSR count). The predicted octanol–water partition coefficient (Wildman–Crippen LogP) is 2.74. The second-order valence-corrected chi connectivity index (χ2v) is 6.39. The lowest BCUT2D eigenvalue weighted by Gasteiger charge is -2.10. The minimum absolute atomic E-state index is 0.232. The number of halogens is 1. The van der Waals surface area contributed by atoms with Crippen LogP contribution in [0.25, 0.3) is 17.1 Å². The number of carbonyl (C=O) groups excluding carboxylic acids is 1. The Morgan fingerprint density at radius 3 is 2.76 bits per heavy atom. The normalized spacial score (nSPS) is 10.8. The Morgan fingerprint density at radius 2 is 2.00 bits per heavy atom. The fourth-order valence-electron chi connectivity index (χ4n) is 2.82. The maximum Gasteiger partial charge on any atom is 0.253 e. The first-order chi connectivity index (χ1) is 14.1. The SMILES string of the molecule is Cc1ccc(-n2nccn2)c(C(=O)NCCc2cc(-c3ccc(F)cn3)on2)c1. The maximum absolute atomic E-state index is 13.0. The van der Waals surface area contributed by atoms with Crippen molar-refractivity contribution in [3.05, 3.63) is 77.6 Å². The molecule has 0 spiro atoms. The number of hydrogen-bond acceptors (Lipinski definition) is 6. The van der Waals surface area contributed by atoms with Gasteiger partial charge in [0.2, 0.25) is 0 Å². The summed E-state index contributed by atoms with van der Waals surface area (Å²) in [4.78, 5) is 18.1. The van der Waals surface area contributed by atoms with Gasteiger partial charge >= 0.3 is 0 Å². The summed E-state index contributed by atoms with van der Waals surface area (Å²) in [5.41, 5.74) is 3.19. The Hall–Kier alpha value is -3.88. The van der Waals surface area contributed by atoms with Crippen molar-refractivity contribution in [1.82, 2.24) is 30.5 Å². The van der Waals surface area contributed by atoms with Crippen LogP contribution in [0.1, 0.15) is 21.6 Å². The molecule has 0 fully saturated rings. The molecule has 1 N–H and O–H groups in total. The molecule has 8 nitrogen and oxygen atoms in total. The van der Waals surface area contributed by atoms with Crippen LogP contribution in [0.15, 0.2) is 59.5 Å². The molecule has 0 aliphatic heterocycles. The molecule has 1 aromatic carbocycles. The van der Waals surface area contributed by atoms with E-state index >= 15 is 0 Å². The van der Waals surface area contributed by atoms with Crippen LogP contribution < -0.4 is 5.32 Å². The molecule has 3 heterocycles. The Kier molecular flexibility index (Phi) is 5.10. The minimum atomic E-state index is -0.419. The van der Waals surface area contributed by atoms with Gasteiger partial charge in [0.25, 0.3) is 5.91 Å². The Balaban J connectivity index is 1.41. The van der Waals surface area contributed by atoms with Gasteiger partial charge in [-0.25, -0.2) is 9.37 Å². The highest BCUT2D eigenvalue weighted by molar-refractivity contribution is 5.97. The Morgan fingerprint density at radius 1 is 1.17 bits per heavy atom. The highest BCUT2D eigenvalue weighted by Crippen LogP contribution is 2.18. The standard InChI is InChI=1S/C20H17FN6O2/c1-13-2-5-18(27-24-8-9-25-27)16(10-13)20(28)22-7-6-15-11-19(29-26-15)17-4-3-14(21)12-23-17/h2-5,8-12H,6-7H2,1H3,(H,22,28). The lowest BCUT2D eigenvalue weighted by molar-refractivity contribution is 0.0953. The summed E-state index contributed by atoms with van der Waals surface area (Å²) >= 11 is 0. The number of rotatable bonds is 6. The molecule has 0 saturated heterocycles. The smallest absolute Gasteiger partial charge is 0.253 e. The van der Waals surface area contributed by atoms with Crippen molar-refractivity contribution in [2.45, 2.75) is 13.3 Å². The molecule has 0 aliphatic carbocycles. The number of carbonyl (C=O) groups is 1. The van der Waals surface area contributed by atoms with E-state index in [9.17, 15) is 9.18 Å². The Bertz CT molecular complexity index is 1120. The van der Waals surface area contributed by atoms with Crippen molar-refractivity contribution in [3.8, 4) is 17.1 Å². The predicted molar refractivity (Wildman–Crippen MR) is 102 cm³/mol. The third-order valence-corrected chi connectivity index (χ3v) is 4.24. The van der Waals surface area contributed by atoms with E-state index in [1.165, 1.54) is 16.9 Å². The van der Waals surface area contributed by atoms with Crippen LogP contribution in [0.2, 0.25) is 0 Å². The maximum atomic E-state index is 13.0. The highest BCUT2D eigenvalue weighted by atomic mass is 19.1. The summed E-state index contributed by atoms with van der Waals surface area (Å²) in [6.07, 6.45) is 4.70. The molecule has 146 valence electrons. The molecule has 0 saturated carbocycles. The average Bonchev–Trinajstić information content (AvgIpc) is 3.41. The quantitative estimate of drug-likeness (QED) is 0.542. The summed E-state index contributed by atoms with van der Waals surface area (Å²) in [5, 5.41) is 15.0. The van der Waals surface area contributed by atoms with Crippen molar-refractivity contribution in [1.29, 1.82) is 0 Å². The first-order valence-corrected chi connectivity index (χ1v) is 8.93. The molecule has 4 aromatic rings. The highest BCUT2D eigenvalue weighted by Gasteiger charge is 2.15. The third-order valence-electron chi connectivity index (χ3n) is 4.24. The first kappa shape index (κ1) is 18.5. The zero-order valence-electron chi connectivity index (χ0n) is 15.5. The van der Waals surface area contributed by atoms with E-state index in [1.807, 2.05) is 19.1 Å². The van der Waals surface area contributed by atoms with E-state index in [0.29, 0.717) is 41.4 Å². The van der Waals surface area contributed by atoms with Crippen molar-refractivity contribution in [2.75, 3.05) is 6.54 Å². The van der Waals surface area contributed by atoms with Gasteiger partial charge in [-0.3, -0.25) is 4.79 Å². The monoisotopic (exact) mass is 392 g/mol. The topological polar surface area (TPSA) is 98.7 Å². The number of amides is 1. The van der Waals surface area contributed by atoms with Gasteiger partial charge in [-0.1, -0.05) is 16.8 Å². The number of nitrogens with one attached hydrogen (secondary N) is 1. The second kappa shape index (κ2) is 8.01. The summed E-state index contributed by atoms with van der Waals surface area (Å²) in [6, 6.07) is 10.0. The number of hydrogen-bond donors (Lipinski definition) is 1. The number of pyridine rings is 1. The van der Waals surface area contributed by atoms with Crippen LogP contribution in [-0.2, 0) is 6.42 Å². The van der Waals surface area contributed by atoms with E-state index in [0.717, 1.165) is 11.8 Å². The summed E-state index contributed by atoms with van der Waals surface area (Å²) < 4.78 is 18.2. The van der Waals surface area contributed by atoms with Gasteiger partial charge in [0.1, 0.15) is 11.5 Å². The van der Waals surface area contributed by atoms with Crippen LogP contribution in [0, 0.1) is 12.7 Å². The van der Waals surface area contributed by atoms with Gasteiger partial charge < -0.3 is 9.84 Å². The van der Waals surface area contributed by atoms with E-state index in [-0.39, 0.29) is 5.91 Å². The molecule has 29 heavy (non-hydrogen) atoms. The van der Waals surface area contributed by atoms with Crippen LogP contribution >= 0.6 is 0 Å². The van der Waals surface area contributed by atoms with Gasteiger partial charge in [-0.05, 0) is 31.2 Å². The van der Waals surface area contributed by atoms with Crippen molar-refractivity contribution < 1.29 is 13.7 Å². The molecular weight excluding hydrogens is 375 g/mol. The number of nitrogens with zero attached hydrogens (tertiary/aromatic N) is 5. The zero-order chi connectivity index (χ0) is 20.2. The molecule has 0 atom stereocenters. The fourth-order valence-corrected chi connectivity index (χ4v) is 2.82. The molecule has 9 heteroatoms. The van der Waals surface area contributed by atoms with Crippen molar-refractivity contribution in [3.63, 3.8) is 0 Å². The summed E-state index contributed by atoms with van der Waals surface area (Å²) in [7, 11) is 0. The minimum Gasteiger partial charge on any atom is -0.354 e. The molecule has 0 unspecified atom stereocenters. The Labute approximate surface area is 165 Å². The van der Waals surface area contributed by atoms with Crippen molar-refractivity contribution >= 4 is 5.91 Å². The number of aryl methyl sites for hydroxylation is 1. The largest absolute Gasteiger partial charge is 0.354 e. The fraction of sp³-hybridized carbons (Fsp3) is 0.150. The van der Waals surface area contributed by atoms with Crippen LogP contribution in [0.3, 0.4) is 0 Å². The lowest BCUT2D eigenvalue weighted by atomic mass is 10.1. The van der Waals surface area contributed by atoms with Crippen molar-refractivity contribution in [2.24, 2.45) is 0 Å². The molecular formula is C20H17FN6O2. The lowest BCUT2D eigenvalue weighted by Crippen LogP contribution is -2.27. The van der Waals surface area contributed by atoms with Gasteiger partial charge in [0.05, 0.1) is 35.5 Å². The molecule has 0 bridgehead atoms. The van der Waals surface area contributed by atoms with Gasteiger partial charge in [-0.15, -0.1) is 0 Å². The van der Waals surface area contributed by atoms with Crippen LogP contribution in [0.5, 0.6) is 0 Å². The average molecular weight is 392 g/mol. The van der Waals surface area contributed by atoms with Crippen LogP contribution in [-0.4, -0.2) is 37.6 Å². The molecule has 3 aromatic heterocycles. The summed E-state index contributed by atoms with van der Waals surface area (Å²) in [5.74, 6) is -0.209. The molecule has 0 radical (unpaired) electrons. The third kappa shape index (κ3) is 4.18. The van der Waals surface area contributed by atoms with E-state index in [1.54, 1.807) is 24.5 Å². The molecule has 0 aliphatic rings. The van der Waals surface area contributed by atoms with E-state index < -0.39 is 5.82 Å². The van der Waals surface area contributed by atoms with Gasteiger partial charge in [0, 0.05) is 19.0 Å². The second-order valence-electron chi connectivity index (χ2n) is 6.39. The van der Waals surface area contributed by atoms with E-state index in [4.69, 9.17) is 4.52 Å². The summed E-state index contributed by atoms with van der Waals surface area (Å²) in [6.45, 7) is 2.28. The zero-order valence-corrected chi connectivity index (χ0v) is 15.5. The number of benzene rings is 1. The van der Waals surface area contributed by atoms with E-state index in [2.05, 4.69) is 25.7 Å². The van der Waals surface area contributed by atoms with Gasteiger partial charge in [-0.2, -0.15) is 15.0 Å².